The Labute approximate surface area is 143 Å². The van der Waals surface area contributed by atoms with Crippen LogP contribution in [-0.4, -0.2) is 44.7 Å². The van der Waals surface area contributed by atoms with Crippen LogP contribution in [0.5, 0.6) is 0 Å². The Morgan fingerprint density at radius 1 is 1.35 bits per heavy atom. The third kappa shape index (κ3) is 3.45. The van der Waals surface area contributed by atoms with Crippen LogP contribution in [-0.2, 0) is 0 Å². The molecule has 23 heavy (non-hydrogen) atoms. The number of nitrogens with zero attached hydrogens (tertiary/aromatic N) is 3. The topological polar surface area (TPSA) is 63.2 Å². The highest BCUT2D eigenvalue weighted by molar-refractivity contribution is 7.98. The number of hydrogen-bond donors (Lipinski definition) is 0. The Hall–Kier alpha value is -1.73. The lowest BCUT2D eigenvalue weighted by Gasteiger charge is -2.31. The second-order valence-electron chi connectivity index (χ2n) is 5.45. The number of aromatic nitrogens is 2. The standard InChI is InChI=1S/C16H17N3O2S2/c1-22-14-7-3-2-6-12(14)15(20)11-5-4-8-19(10-11)16(21)13-9-17-23-18-13/h2-3,6-7,9,11H,4-5,8,10H2,1H3/t11-/m1/s1. The lowest BCUT2D eigenvalue weighted by Crippen LogP contribution is -2.42. The second-order valence-corrected chi connectivity index (χ2v) is 6.85. The molecule has 1 aromatic carbocycles. The predicted molar refractivity (Wildman–Crippen MR) is 91.1 cm³/mol. The molecule has 3 rings (SSSR count). The Kier molecular flexibility index (Phi) is 5.07. The van der Waals surface area contributed by atoms with Crippen LogP contribution < -0.4 is 0 Å². The molecule has 2 aromatic rings. The molecule has 0 unspecified atom stereocenters. The van der Waals surface area contributed by atoms with E-state index in [0.717, 1.165) is 35.0 Å². The smallest absolute Gasteiger partial charge is 0.275 e. The minimum Gasteiger partial charge on any atom is -0.336 e. The molecule has 5 nitrogen and oxygen atoms in total. The largest absolute Gasteiger partial charge is 0.336 e. The van der Waals surface area contributed by atoms with Crippen molar-refractivity contribution in [3.05, 3.63) is 41.7 Å². The van der Waals surface area contributed by atoms with Crippen molar-refractivity contribution >= 4 is 35.2 Å². The number of benzene rings is 1. The average molecular weight is 347 g/mol. The van der Waals surface area contributed by atoms with Crippen LogP contribution in [0.3, 0.4) is 0 Å². The molecule has 0 saturated carbocycles. The Bertz CT molecular complexity index is 703. The molecule has 1 aliphatic heterocycles. The average Bonchev–Trinajstić information content (AvgIpc) is 3.15. The second kappa shape index (κ2) is 7.23. The highest BCUT2D eigenvalue weighted by Gasteiger charge is 2.31. The van der Waals surface area contributed by atoms with E-state index >= 15 is 0 Å². The quantitative estimate of drug-likeness (QED) is 0.628. The predicted octanol–water partition coefficient (Wildman–Crippen LogP) is 3.00. The third-order valence-corrected chi connectivity index (χ3v) is 5.31. The van der Waals surface area contributed by atoms with E-state index in [-0.39, 0.29) is 17.6 Å². The normalized spacial score (nSPS) is 18.0. The number of amides is 1. The molecule has 0 bridgehead atoms. The van der Waals surface area contributed by atoms with E-state index in [0.29, 0.717) is 18.8 Å². The first-order valence-electron chi connectivity index (χ1n) is 7.44. The first-order chi connectivity index (χ1) is 11.2. The highest BCUT2D eigenvalue weighted by atomic mass is 32.2. The van der Waals surface area contributed by atoms with Crippen molar-refractivity contribution in [1.82, 2.24) is 13.6 Å². The van der Waals surface area contributed by atoms with Gasteiger partial charge in [0.15, 0.2) is 11.5 Å². The maximum absolute atomic E-state index is 12.9. The van der Waals surface area contributed by atoms with Crippen LogP contribution in [0, 0.1) is 5.92 Å². The van der Waals surface area contributed by atoms with Crippen molar-refractivity contribution in [3.8, 4) is 0 Å². The zero-order chi connectivity index (χ0) is 16.2. The molecule has 0 N–H and O–H groups in total. The van der Waals surface area contributed by atoms with Crippen LogP contribution in [0.15, 0.2) is 35.4 Å². The van der Waals surface area contributed by atoms with Gasteiger partial charge >= 0.3 is 0 Å². The molecule has 7 heteroatoms. The number of piperidine rings is 1. The van der Waals surface area contributed by atoms with E-state index in [9.17, 15) is 9.59 Å². The maximum atomic E-state index is 12.9. The maximum Gasteiger partial charge on any atom is 0.275 e. The van der Waals surface area contributed by atoms with Crippen LogP contribution in [0.1, 0.15) is 33.7 Å². The van der Waals surface area contributed by atoms with Crippen molar-refractivity contribution in [3.63, 3.8) is 0 Å². The molecule has 0 radical (unpaired) electrons. The van der Waals surface area contributed by atoms with Crippen LogP contribution in [0.4, 0.5) is 0 Å². The van der Waals surface area contributed by atoms with Crippen molar-refractivity contribution in [2.45, 2.75) is 17.7 Å². The molecule has 1 aliphatic rings. The van der Waals surface area contributed by atoms with E-state index in [1.54, 1.807) is 16.7 Å². The van der Waals surface area contributed by atoms with E-state index < -0.39 is 0 Å². The Balaban J connectivity index is 1.76. The van der Waals surface area contributed by atoms with Gasteiger partial charge in [-0.1, -0.05) is 18.2 Å². The summed E-state index contributed by atoms with van der Waals surface area (Å²) in [7, 11) is 0. The van der Waals surface area contributed by atoms with Gasteiger partial charge in [-0.05, 0) is 25.2 Å². The number of carbonyl (C=O) groups is 2. The Morgan fingerprint density at radius 3 is 2.91 bits per heavy atom. The summed E-state index contributed by atoms with van der Waals surface area (Å²) in [5.74, 6) is -0.147. The molecule has 1 fully saturated rings. The summed E-state index contributed by atoms with van der Waals surface area (Å²) in [6.07, 6.45) is 5.11. The van der Waals surface area contributed by atoms with Gasteiger partial charge in [0, 0.05) is 29.5 Å². The van der Waals surface area contributed by atoms with E-state index in [4.69, 9.17) is 0 Å². The fourth-order valence-corrected chi connectivity index (χ4v) is 3.88. The monoisotopic (exact) mass is 347 g/mol. The number of hydrogen-bond acceptors (Lipinski definition) is 6. The number of thioether (sulfide) groups is 1. The van der Waals surface area contributed by atoms with Crippen molar-refractivity contribution in [2.24, 2.45) is 5.92 Å². The summed E-state index contributed by atoms with van der Waals surface area (Å²) in [6.45, 7) is 1.13. The van der Waals surface area contributed by atoms with Gasteiger partial charge < -0.3 is 4.90 Å². The van der Waals surface area contributed by atoms with Crippen LogP contribution >= 0.6 is 23.5 Å². The van der Waals surface area contributed by atoms with Gasteiger partial charge in [0.1, 0.15) is 0 Å². The van der Waals surface area contributed by atoms with Crippen molar-refractivity contribution in [2.75, 3.05) is 19.3 Å². The van der Waals surface area contributed by atoms with E-state index in [1.807, 2.05) is 30.5 Å². The van der Waals surface area contributed by atoms with Gasteiger partial charge in [-0.15, -0.1) is 11.8 Å². The SMILES string of the molecule is CSc1ccccc1C(=O)[C@@H]1CCCN(C(=O)c2cnsn2)C1. The summed E-state index contributed by atoms with van der Waals surface area (Å²) in [5.41, 5.74) is 1.13. The van der Waals surface area contributed by atoms with Gasteiger partial charge in [-0.3, -0.25) is 9.59 Å². The fraction of sp³-hybridized carbons (Fsp3) is 0.375. The first kappa shape index (κ1) is 16.1. The molecule has 0 aliphatic carbocycles. The summed E-state index contributed by atoms with van der Waals surface area (Å²) in [5, 5.41) is 0. The fourth-order valence-electron chi connectivity index (χ4n) is 2.86. The molecule has 2 heterocycles. The van der Waals surface area contributed by atoms with Gasteiger partial charge in [-0.25, -0.2) is 0 Å². The number of Topliss-reactive ketones (excluding diaryl/α,β-unsaturated/α-hetero) is 1. The number of carbonyl (C=O) groups excluding carboxylic acids is 2. The van der Waals surface area contributed by atoms with Gasteiger partial charge in [0.05, 0.1) is 17.9 Å². The number of ketones is 1. The zero-order valence-corrected chi connectivity index (χ0v) is 14.4. The van der Waals surface area contributed by atoms with Gasteiger partial charge in [-0.2, -0.15) is 8.75 Å². The number of likely N-dealkylation sites (tertiary alicyclic amines) is 1. The lowest BCUT2D eigenvalue weighted by molar-refractivity contribution is 0.0632. The molecular weight excluding hydrogens is 330 g/mol. The van der Waals surface area contributed by atoms with Crippen molar-refractivity contribution in [1.29, 1.82) is 0 Å². The Morgan fingerprint density at radius 2 is 2.17 bits per heavy atom. The van der Waals surface area contributed by atoms with Crippen LogP contribution in [0.25, 0.3) is 0 Å². The first-order valence-corrected chi connectivity index (χ1v) is 9.40. The number of rotatable bonds is 4. The van der Waals surface area contributed by atoms with E-state index in [2.05, 4.69) is 8.75 Å². The summed E-state index contributed by atoms with van der Waals surface area (Å²) < 4.78 is 7.87. The molecular formula is C16H17N3O2S2. The molecule has 1 amide bonds. The van der Waals surface area contributed by atoms with E-state index in [1.165, 1.54) is 6.20 Å². The minimum atomic E-state index is -0.146. The summed E-state index contributed by atoms with van der Waals surface area (Å²) in [6, 6.07) is 7.66. The van der Waals surface area contributed by atoms with Crippen LogP contribution in [0.2, 0.25) is 0 Å². The molecule has 0 spiro atoms. The lowest BCUT2D eigenvalue weighted by atomic mass is 9.90. The molecule has 120 valence electrons. The zero-order valence-electron chi connectivity index (χ0n) is 12.8. The minimum absolute atomic E-state index is 0.129. The molecule has 1 saturated heterocycles. The van der Waals surface area contributed by atoms with Gasteiger partial charge in [0.2, 0.25) is 0 Å². The third-order valence-electron chi connectivity index (χ3n) is 4.03. The van der Waals surface area contributed by atoms with Crippen molar-refractivity contribution < 1.29 is 9.59 Å². The molecule has 1 aromatic heterocycles. The summed E-state index contributed by atoms with van der Waals surface area (Å²) in [4.78, 5) is 28.0. The summed E-state index contributed by atoms with van der Waals surface area (Å²) >= 11 is 2.60. The molecule has 1 atom stereocenters. The van der Waals surface area contributed by atoms with Gasteiger partial charge in [0.25, 0.3) is 5.91 Å². The highest BCUT2D eigenvalue weighted by Crippen LogP contribution is 2.27.